The Morgan fingerprint density at radius 1 is 1.56 bits per heavy atom. The fourth-order valence-corrected chi connectivity index (χ4v) is 1.20. The molecule has 5 nitrogen and oxygen atoms in total. The van der Waals surface area contributed by atoms with Crippen LogP contribution in [0, 0.1) is 0 Å². The Kier molecular flexibility index (Phi) is 5.14. The summed E-state index contributed by atoms with van der Waals surface area (Å²) in [5.74, 6) is -0.257. The zero-order chi connectivity index (χ0) is 12.0. The number of nitrogens with zero attached hydrogens (tertiary/aromatic N) is 2. The Bertz CT molecular complexity index is 342. The first-order valence-corrected chi connectivity index (χ1v) is 5.30. The van der Waals surface area contributed by atoms with Gasteiger partial charge in [0.1, 0.15) is 0 Å². The molecule has 0 saturated carbocycles. The van der Waals surface area contributed by atoms with E-state index in [0.717, 1.165) is 6.42 Å². The highest BCUT2D eigenvalue weighted by Crippen LogP contribution is 2.02. The van der Waals surface area contributed by atoms with Gasteiger partial charge >= 0.3 is 0 Å². The maximum absolute atomic E-state index is 11.6. The van der Waals surface area contributed by atoms with Gasteiger partial charge in [0.15, 0.2) is 10.8 Å². The van der Waals surface area contributed by atoms with Crippen LogP contribution in [-0.2, 0) is 4.74 Å². The lowest BCUT2D eigenvalue weighted by molar-refractivity contribution is 0.0923. The van der Waals surface area contributed by atoms with Gasteiger partial charge in [-0.25, -0.2) is 0 Å². The number of methoxy groups -OCH3 is 1. The van der Waals surface area contributed by atoms with Gasteiger partial charge in [0, 0.05) is 19.8 Å². The molecule has 16 heavy (non-hydrogen) atoms. The van der Waals surface area contributed by atoms with Crippen molar-refractivity contribution in [2.45, 2.75) is 19.4 Å². The predicted octanol–water partition coefficient (Wildman–Crippen LogP) is 1.28. The molecule has 88 valence electrons. The molecule has 0 aromatic carbocycles. The first-order chi connectivity index (χ1) is 7.63. The smallest absolute Gasteiger partial charge is 0.272 e. The van der Waals surface area contributed by atoms with Crippen LogP contribution in [0.15, 0.2) is 12.1 Å². The van der Waals surface area contributed by atoms with E-state index in [0.29, 0.717) is 6.61 Å². The molecular weight excluding hydrogens is 230 g/mol. The summed E-state index contributed by atoms with van der Waals surface area (Å²) in [6.07, 6.45) is 0.753. The summed E-state index contributed by atoms with van der Waals surface area (Å²) in [5.41, 5.74) is 0.258. The average molecular weight is 244 g/mol. The van der Waals surface area contributed by atoms with Gasteiger partial charge in [0.25, 0.3) is 5.91 Å². The molecule has 0 bridgehead atoms. The summed E-state index contributed by atoms with van der Waals surface area (Å²) in [6.45, 7) is 2.51. The first-order valence-electron chi connectivity index (χ1n) is 4.92. The maximum atomic E-state index is 11.6. The summed E-state index contributed by atoms with van der Waals surface area (Å²) in [4.78, 5) is 11.6. The molecule has 1 unspecified atom stereocenters. The molecule has 0 aliphatic heterocycles. The Morgan fingerprint density at radius 2 is 2.31 bits per heavy atom. The molecule has 0 aliphatic rings. The highest BCUT2D eigenvalue weighted by molar-refractivity contribution is 6.29. The Hall–Kier alpha value is -1.20. The summed E-state index contributed by atoms with van der Waals surface area (Å²) < 4.78 is 4.92. The molecule has 1 amide bonds. The van der Waals surface area contributed by atoms with Crippen LogP contribution in [0.5, 0.6) is 0 Å². The molecule has 0 spiro atoms. The monoisotopic (exact) mass is 243 g/mol. The summed E-state index contributed by atoms with van der Waals surface area (Å²) in [7, 11) is 1.62. The molecule has 1 aromatic rings. The number of amides is 1. The third-order valence-corrected chi connectivity index (χ3v) is 2.20. The number of halogens is 1. The van der Waals surface area contributed by atoms with Crippen molar-refractivity contribution in [3.8, 4) is 0 Å². The fraction of sp³-hybridized carbons (Fsp3) is 0.500. The van der Waals surface area contributed by atoms with Gasteiger partial charge < -0.3 is 10.1 Å². The summed E-state index contributed by atoms with van der Waals surface area (Å²) in [5, 5.41) is 10.3. The lowest BCUT2D eigenvalue weighted by atomic mass is 10.2. The average Bonchev–Trinajstić information content (AvgIpc) is 2.27. The van der Waals surface area contributed by atoms with Gasteiger partial charge in [0.05, 0.1) is 0 Å². The van der Waals surface area contributed by atoms with Gasteiger partial charge in [-0.05, 0) is 25.5 Å². The van der Waals surface area contributed by atoms with E-state index in [-0.39, 0.29) is 22.8 Å². The maximum Gasteiger partial charge on any atom is 0.272 e. The number of nitrogens with one attached hydrogen (secondary N) is 1. The Labute approximate surface area is 99.2 Å². The molecule has 1 aromatic heterocycles. The van der Waals surface area contributed by atoms with Crippen molar-refractivity contribution >= 4 is 17.5 Å². The second kappa shape index (κ2) is 6.40. The van der Waals surface area contributed by atoms with Crippen LogP contribution in [0.1, 0.15) is 23.8 Å². The van der Waals surface area contributed by atoms with Crippen LogP contribution in [0.2, 0.25) is 5.15 Å². The third kappa shape index (κ3) is 4.12. The van der Waals surface area contributed by atoms with Crippen LogP contribution in [0.4, 0.5) is 0 Å². The van der Waals surface area contributed by atoms with Crippen LogP contribution < -0.4 is 5.32 Å². The standard InChI is InChI=1S/C10H14ClN3O2/c1-7(5-6-16-2)12-10(15)8-3-4-9(11)14-13-8/h3-4,7H,5-6H2,1-2H3,(H,12,15). The highest BCUT2D eigenvalue weighted by Gasteiger charge is 2.11. The van der Waals surface area contributed by atoms with Crippen molar-refractivity contribution in [3.63, 3.8) is 0 Å². The fourth-order valence-electron chi connectivity index (χ4n) is 1.10. The van der Waals surface area contributed by atoms with Gasteiger partial charge in [-0.3, -0.25) is 4.79 Å². The van der Waals surface area contributed by atoms with Crippen molar-refractivity contribution < 1.29 is 9.53 Å². The zero-order valence-electron chi connectivity index (χ0n) is 9.24. The van der Waals surface area contributed by atoms with Crippen molar-refractivity contribution in [1.82, 2.24) is 15.5 Å². The van der Waals surface area contributed by atoms with Crippen LogP contribution in [-0.4, -0.2) is 35.9 Å². The van der Waals surface area contributed by atoms with Gasteiger partial charge in [-0.2, -0.15) is 0 Å². The number of hydrogen-bond donors (Lipinski definition) is 1. The molecule has 1 rings (SSSR count). The minimum Gasteiger partial charge on any atom is -0.385 e. The van der Waals surface area contributed by atoms with Crippen molar-refractivity contribution in [2.24, 2.45) is 0 Å². The van der Waals surface area contributed by atoms with Crippen LogP contribution in [0.25, 0.3) is 0 Å². The second-order valence-corrected chi connectivity index (χ2v) is 3.78. The molecule has 1 heterocycles. The highest BCUT2D eigenvalue weighted by atomic mass is 35.5. The van der Waals surface area contributed by atoms with Crippen LogP contribution in [0.3, 0.4) is 0 Å². The van der Waals surface area contributed by atoms with Crippen molar-refractivity contribution in [3.05, 3.63) is 23.0 Å². The van der Waals surface area contributed by atoms with E-state index >= 15 is 0 Å². The molecule has 6 heteroatoms. The van der Waals surface area contributed by atoms with Crippen molar-refractivity contribution in [1.29, 1.82) is 0 Å². The van der Waals surface area contributed by atoms with E-state index in [9.17, 15) is 4.79 Å². The molecule has 0 aliphatic carbocycles. The lowest BCUT2D eigenvalue weighted by Crippen LogP contribution is -2.33. The minimum atomic E-state index is -0.257. The zero-order valence-corrected chi connectivity index (χ0v) is 9.99. The number of carbonyl (C=O) groups excluding carboxylic acids is 1. The largest absolute Gasteiger partial charge is 0.385 e. The Balaban J connectivity index is 2.48. The summed E-state index contributed by atoms with van der Waals surface area (Å²) in [6, 6.07) is 3.10. The SMILES string of the molecule is COCCC(C)NC(=O)c1ccc(Cl)nn1. The van der Waals surface area contributed by atoms with E-state index in [1.165, 1.54) is 12.1 Å². The molecular formula is C10H14ClN3O2. The molecule has 1 atom stereocenters. The Morgan fingerprint density at radius 3 is 2.88 bits per heavy atom. The van der Waals surface area contributed by atoms with E-state index in [4.69, 9.17) is 16.3 Å². The van der Waals surface area contributed by atoms with Crippen LogP contribution >= 0.6 is 11.6 Å². The molecule has 1 N–H and O–H groups in total. The first kappa shape index (κ1) is 12.9. The van der Waals surface area contributed by atoms with E-state index in [1.54, 1.807) is 7.11 Å². The van der Waals surface area contributed by atoms with Crippen molar-refractivity contribution in [2.75, 3.05) is 13.7 Å². The number of hydrogen-bond acceptors (Lipinski definition) is 4. The molecule has 0 fully saturated rings. The second-order valence-electron chi connectivity index (χ2n) is 3.40. The molecule has 0 radical (unpaired) electrons. The quantitative estimate of drug-likeness (QED) is 0.846. The number of rotatable bonds is 5. The van der Waals surface area contributed by atoms with Gasteiger partial charge in [-0.15, -0.1) is 10.2 Å². The molecule has 0 saturated heterocycles. The lowest BCUT2D eigenvalue weighted by Gasteiger charge is -2.12. The van der Waals surface area contributed by atoms with E-state index in [1.807, 2.05) is 6.92 Å². The predicted molar refractivity (Wildman–Crippen MR) is 60.5 cm³/mol. The van der Waals surface area contributed by atoms with E-state index in [2.05, 4.69) is 15.5 Å². The van der Waals surface area contributed by atoms with E-state index < -0.39 is 0 Å². The number of aromatic nitrogens is 2. The van der Waals surface area contributed by atoms with Gasteiger partial charge in [0.2, 0.25) is 0 Å². The van der Waals surface area contributed by atoms with Gasteiger partial charge in [-0.1, -0.05) is 11.6 Å². The third-order valence-electron chi connectivity index (χ3n) is 2.00. The number of carbonyl (C=O) groups is 1. The minimum absolute atomic E-state index is 0.0323. The normalized spacial score (nSPS) is 12.2. The number of ether oxygens (including phenoxy) is 1. The topological polar surface area (TPSA) is 64.1 Å². The summed E-state index contributed by atoms with van der Waals surface area (Å²) >= 11 is 5.57.